The second-order valence-corrected chi connectivity index (χ2v) is 9.79. The van der Waals surface area contributed by atoms with Crippen molar-refractivity contribution in [2.24, 2.45) is 0 Å². The summed E-state index contributed by atoms with van der Waals surface area (Å²) in [5.41, 5.74) is 5.08. The van der Waals surface area contributed by atoms with Gasteiger partial charge in [0.25, 0.3) is 0 Å². The van der Waals surface area contributed by atoms with E-state index in [0.29, 0.717) is 0 Å². The first kappa shape index (κ1) is 25.4. The molecule has 0 atom stereocenters. The minimum Gasteiger partial charge on any atom is -0.490 e. The van der Waals surface area contributed by atoms with Gasteiger partial charge in [-0.1, -0.05) is 19.4 Å². The van der Waals surface area contributed by atoms with Gasteiger partial charge in [0, 0.05) is 29.9 Å². The molecule has 0 aliphatic heterocycles. The van der Waals surface area contributed by atoms with Crippen LogP contribution < -0.4 is 20.5 Å². The number of rotatable bonds is 9. The first-order valence-electron chi connectivity index (χ1n) is 10.1. The highest BCUT2D eigenvalue weighted by Crippen LogP contribution is 3.02. The Kier molecular flexibility index (Phi) is 5.92. The van der Waals surface area contributed by atoms with Crippen molar-refractivity contribution in [3.05, 3.63) is 41.8 Å². The molecule has 0 aliphatic carbocycles. The molecule has 1 aromatic heterocycles. The number of benzene rings is 2. The number of carbonyl (C=O) groups is 1. The van der Waals surface area contributed by atoms with Crippen LogP contribution in [0.1, 0.15) is 24.2 Å². The number of nitrogens with two attached hydrogens (primary N) is 1. The largest absolute Gasteiger partial charge is 0.490 e. The second-order valence-electron chi connectivity index (χ2n) is 7.38. The summed E-state index contributed by atoms with van der Waals surface area (Å²) in [6, 6.07) is 2.80. The summed E-state index contributed by atoms with van der Waals surface area (Å²) in [5.74, 6) is -2.02. The summed E-state index contributed by atoms with van der Waals surface area (Å²) in [4.78, 5) is 10.6. The first-order chi connectivity index (χ1) is 15.6. The van der Waals surface area contributed by atoms with Crippen molar-refractivity contribution in [1.82, 2.24) is 4.57 Å². The maximum Gasteiger partial charge on any atom is 0.310 e. The van der Waals surface area contributed by atoms with E-state index in [4.69, 9.17) is 15.2 Å². The Bertz CT molecular complexity index is 1280. The molecule has 3 rings (SSSR count). The Hall–Kier alpha value is -3.22. The third-order valence-corrected chi connectivity index (χ3v) is 6.07. The number of Topliss-reactive ketones (excluding diaryl/α,β-unsaturated/α-hetero) is 1. The molecule has 0 aliphatic rings. The maximum atomic E-state index is 15.1. The minimum absolute atomic E-state index is 0.0728. The second kappa shape index (κ2) is 7.93. The average molecular weight is 511 g/mol. The molecule has 0 saturated carbocycles. The van der Waals surface area contributed by atoms with Gasteiger partial charge in [-0.05, 0) is 38.1 Å². The molecule has 3 N–H and O–H groups in total. The van der Waals surface area contributed by atoms with E-state index in [1.165, 1.54) is 19.3 Å². The lowest BCUT2D eigenvalue weighted by molar-refractivity contribution is 0.0973. The van der Waals surface area contributed by atoms with Crippen LogP contribution in [0.15, 0.2) is 35.4 Å². The smallest absolute Gasteiger partial charge is 0.310 e. The van der Waals surface area contributed by atoms with Crippen LogP contribution in [0.3, 0.4) is 0 Å². The standard InChI is InChI=1S/C21H23F6N3O3S/c1-4-32-17-8-13-10-30(21(28)18(13)19(22)20(17)33-5-2)11-16(31)12-6-14(29-3)9-15(7-12)34(23,24,25,26)27/h6-10,29H,4-5,11,28H2,1-3H3. The number of fused-ring (bicyclic) bond motifs is 1. The Morgan fingerprint density at radius 2 is 1.71 bits per heavy atom. The van der Waals surface area contributed by atoms with Crippen LogP contribution in [-0.2, 0) is 6.54 Å². The number of nitrogens with one attached hydrogen (secondary N) is 1. The molecule has 3 aromatic rings. The average Bonchev–Trinajstić information content (AvgIpc) is 3.04. The number of carbonyl (C=O) groups excluding carboxylic acids is 1. The molecule has 0 amide bonds. The van der Waals surface area contributed by atoms with E-state index < -0.39 is 38.8 Å². The quantitative estimate of drug-likeness (QED) is 0.246. The van der Waals surface area contributed by atoms with E-state index in [9.17, 15) is 24.2 Å². The number of hydrogen-bond acceptors (Lipinski definition) is 5. The first-order valence-corrected chi connectivity index (χ1v) is 12.0. The summed E-state index contributed by atoms with van der Waals surface area (Å²) in [7, 11) is -8.82. The van der Waals surface area contributed by atoms with Gasteiger partial charge in [-0.15, -0.1) is 0 Å². The minimum atomic E-state index is -10.0. The summed E-state index contributed by atoms with van der Waals surface area (Å²) < 4.78 is 93.8. The Morgan fingerprint density at radius 3 is 2.26 bits per heavy atom. The normalized spacial score (nSPS) is 13.9. The molecule has 1 heterocycles. The number of nitrogens with zero attached hydrogens (tertiary/aromatic N) is 1. The summed E-state index contributed by atoms with van der Waals surface area (Å²) in [6.07, 6.45) is 1.32. The predicted octanol–water partition coefficient (Wildman–Crippen LogP) is 6.74. The van der Waals surface area contributed by atoms with Crippen molar-refractivity contribution >= 4 is 38.3 Å². The van der Waals surface area contributed by atoms with Gasteiger partial charge in [-0.2, -0.15) is 0 Å². The lowest BCUT2D eigenvalue weighted by atomic mass is 10.1. The lowest BCUT2D eigenvalue weighted by Crippen LogP contribution is -2.14. The van der Waals surface area contributed by atoms with E-state index >= 15 is 4.39 Å². The van der Waals surface area contributed by atoms with Crippen LogP contribution in [0.4, 0.5) is 35.3 Å². The number of halogens is 6. The Labute approximate surface area is 191 Å². The zero-order valence-electron chi connectivity index (χ0n) is 18.4. The highest BCUT2D eigenvalue weighted by atomic mass is 32.5. The molecule has 13 heteroatoms. The molecular weight excluding hydrogens is 488 g/mol. The third kappa shape index (κ3) is 4.98. The van der Waals surface area contributed by atoms with Gasteiger partial charge in [0.2, 0.25) is 0 Å². The van der Waals surface area contributed by atoms with Crippen molar-refractivity contribution < 1.29 is 38.1 Å². The lowest BCUT2D eigenvalue weighted by Gasteiger charge is -2.40. The fourth-order valence-corrected chi connectivity index (χ4v) is 4.12. The number of ketones is 1. The molecule has 0 fully saturated rings. The molecule has 0 radical (unpaired) electrons. The van der Waals surface area contributed by atoms with E-state index in [2.05, 4.69) is 5.32 Å². The van der Waals surface area contributed by atoms with E-state index in [1.807, 2.05) is 0 Å². The van der Waals surface area contributed by atoms with Crippen LogP contribution in [0.25, 0.3) is 10.8 Å². The van der Waals surface area contributed by atoms with Crippen LogP contribution in [0.2, 0.25) is 0 Å². The highest BCUT2D eigenvalue weighted by Gasteiger charge is 2.65. The van der Waals surface area contributed by atoms with Crippen LogP contribution >= 0.6 is 10.2 Å². The van der Waals surface area contributed by atoms with Crippen molar-refractivity contribution in [1.29, 1.82) is 0 Å². The van der Waals surface area contributed by atoms with Gasteiger partial charge in [-0.25, -0.2) is 4.39 Å². The molecular formula is C21H23F6N3O3S. The highest BCUT2D eigenvalue weighted by molar-refractivity contribution is 8.45. The molecule has 6 nitrogen and oxygen atoms in total. The molecule has 2 aromatic carbocycles. The fraction of sp³-hybridized carbons (Fsp3) is 0.286. The topological polar surface area (TPSA) is 78.5 Å². The number of aromatic nitrogens is 1. The van der Waals surface area contributed by atoms with Gasteiger partial charge in [0.15, 0.2) is 23.1 Å². The zero-order valence-corrected chi connectivity index (χ0v) is 19.2. The van der Waals surface area contributed by atoms with Gasteiger partial charge >= 0.3 is 10.2 Å². The van der Waals surface area contributed by atoms with E-state index in [-0.39, 0.29) is 59.1 Å². The van der Waals surface area contributed by atoms with Crippen LogP contribution in [0, 0.1) is 5.82 Å². The third-order valence-electron chi connectivity index (χ3n) is 4.94. The molecule has 34 heavy (non-hydrogen) atoms. The summed E-state index contributed by atoms with van der Waals surface area (Å²) in [5, 5.41) is 2.52. The van der Waals surface area contributed by atoms with E-state index in [1.54, 1.807) is 13.8 Å². The van der Waals surface area contributed by atoms with Crippen LogP contribution in [0.5, 0.6) is 11.5 Å². The maximum absolute atomic E-state index is 15.1. The number of anilines is 2. The summed E-state index contributed by atoms with van der Waals surface area (Å²) in [6.45, 7) is 3.07. The van der Waals surface area contributed by atoms with Crippen molar-refractivity contribution in [2.75, 3.05) is 31.3 Å². The summed E-state index contributed by atoms with van der Waals surface area (Å²) >= 11 is 0. The van der Waals surface area contributed by atoms with Gasteiger partial charge < -0.3 is 25.1 Å². The zero-order chi connectivity index (χ0) is 25.5. The molecule has 188 valence electrons. The van der Waals surface area contributed by atoms with Gasteiger partial charge in [0.1, 0.15) is 10.7 Å². The van der Waals surface area contributed by atoms with Gasteiger partial charge in [-0.3, -0.25) is 4.79 Å². The SMILES string of the molecule is CCOc1cc2cn(CC(=O)c3cc(NC)cc(S(F)(F)(F)(F)F)c3)c(N)c2c(F)c1OCC. The molecule has 0 unspecified atom stereocenters. The molecule has 0 spiro atoms. The number of nitrogen functional groups attached to an aromatic ring is 1. The van der Waals surface area contributed by atoms with Crippen molar-refractivity contribution in [3.63, 3.8) is 0 Å². The van der Waals surface area contributed by atoms with Gasteiger partial charge in [0.05, 0.1) is 25.1 Å². The predicted molar refractivity (Wildman–Crippen MR) is 120 cm³/mol. The monoisotopic (exact) mass is 511 g/mol. The van der Waals surface area contributed by atoms with Crippen LogP contribution in [-0.4, -0.2) is 30.6 Å². The number of ether oxygens (including phenoxy) is 2. The Balaban J connectivity index is 2.08. The fourth-order valence-electron chi connectivity index (χ4n) is 3.42. The van der Waals surface area contributed by atoms with E-state index in [0.717, 1.165) is 10.6 Å². The van der Waals surface area contributed by atoms with Crippen molar-refractivity contribution in [2.45, 2.75) is 25.3 Å². The van der Waals surface area contributed by atoms with Crippen molar-refractivity contribution in [3.8, 4) is 11.5 Å². The number of hydrogen-bond donors (Lipinski definition) is 2. The molecule has 0 saturated heterocycles. The Morgan fingerprint density at radius 1 is 1.06 bits per heavy atom. The molecule has 0 bridgehead atoms.